The Morgan fingerprint density at radius 1 is 1.20 bits per heavy atom. The third-order valence-electron chi connectivity index (χ3n) is 5.72. The molecule has 2 fully saturated rings. The standard InChI is InChI=1S/C20H24FN3O/c1-25-19-15-24(18-7-4-5-16(21)13-18)20(19)8-11-23(12-9-20)14-17-6-2-3-10-22-17/h2-7,10,13,19H,8-9,11-12,14-15H2,1H3. The number of benzene rings is 1. The van der Waals surface area contributed by atoms with Gasteiger partial charge < -0.3 is 9.64 Å². The minimum Gasteiger partial charge on any atom is -0.377 e. The van der Waals surface area contributed by atoms with Crippen LogP contribution in [0, 0.1) is 5.82 Å². The predicted molar refractivity (Wildman–Crippen MR) is 96.0 cm³/mol. The third kappa shape index (κ3) is 3.02. The molecule has 25 heavy (non-hydrogen) atoms. The highest BCUT2D eigenvalue weighted by atomic mass is 19.1. The maximum atomic E-state index is 13.7. The highest BCUT2D eigenvalue weighted by molar-refractivity contribution is 5.54. The van der Waals surface area contributed by atoms with Crippen molar-refractivity contribution in [3.63, 3.8) is 0 Å². The third-order valence-corrected chi connectivity index (χ3v) is 5.72. The van der Waals surface area contributed by atoms with Gasteiger partial charge in [0.25, 0.3) is 0 Å². The molecule has 2 aromatic rings. The summed E-state index contributed by atoms with van der Waals surface area (Å²) in [5, 5.41) is 0. The van der Waals surface area contributed by atoms with Gasteiger partial charge in [-0.15, -0.1) is 0 Å². The van der Waals surface area contributed by atoms with E-state index in [1.807, 2.05) is 24.4 Å². The molecule has 4 nitrogen and oxygen atoms in total. The predicted octanol–water partition coefficient (Wildman–Crippen LogP) is 3.09. The summed E-state index contributed by atoms with van der Waals surface area (Å²) in [4.78, 5) is 9.21. The molecule has 0 bridgehead atoms. The number of nitrogens with zero attached hydrogens (tertiary/aromatic N) is 3. The van der Waals surface area contributed by atoms with Crippen LogP contribution in [0.2, 0.25) is 0 Å². The molecule has 132 valence electrons. The van der Waals surface area contributed by atoms with E-state index < -0.39 is 0 Å². The van der Waals surface area contributed by atoms with E-state index in [-0.39, 0.29) is 17.5 Å². The monoisotopic (exact) mass is 341 g/mol. The van der Waals surface area contributed by atoms with Gasteiger partial charge in [-0.25, -0.2) is 4.39 Å². The number of hydrogen-bond donors (Lipinski definition) is 0. The molecule has 1 unspecified atom stereocenters. The van der Waals surface area contributed by atoms with Crippen molar-refractivity contribution in [3.05, 3.63) is 60.2 Å². The van der Waals surface area contributed by atoms with E-state index in [1.54, 1.807) is 19.2 Å². The zero-order chi connectivity index (χ0) is 17.3. The number of hydrogen-bond acceptors (Lipinski definition) is 4. The van der Waals surface area contributed by atoms with Crippen LogP contribution in [0.3, 0.4) is 0 Å². The molecule has 0 amide bonds. The zero-order valence-corrected chi connectivity index (χ0v) is 14.6. The van der Waals surface area contributed by atoms with Crippen molar-refractivity contribution in [2.75, 3.05) is 31.6 Å². The van der Waals surface area contributed by atoms with Crippen molar-refractivity contribution in [1.29, 1.82) is 0 Å². The molecule has 0 radical (unpaired) electrons. The molecule has 0 aliphatic carbocycles. The van der Waals surface area contributed by atoms with Crippen molar-refractivity contribution >= 4 is 5.69 Å². The molecule has 0 saturated carbocycles. The van der Waals surface area contributed by atoms with Crippen LogP contribution in [-0.2, 0) is 11.3 Å². The molecule has 1 aromatic carbocycles. The average molecular weight is 341 g/mol. The van der Waals surface area contributed by atoms with Gasteiger partial charge in [-0.2, -0.15) is 0 Å². The van der Waals surface area contributed by atoms with Gasteiger partial charge in [-0.3, -0.25) is 9.88 Å². The number of ether oxygens (including phenoxy) is 1. The lowest BCUT2D eigenvalue weighted by atomic mass is 9.73. The molecule has 5 heteroatoms. The summed E-state index contributed by atoms with van der Waals surface area (Å²) >= 11 is 0. The molecule has 1 aromatic heterocycles. The Hall–Kier alpha value is -1.98. The Kier molecular flexibility index (Phi) is 4.44. The number of aromatic nitrogens is 1. The summed E-state index contributed by atoms with van der Waals surface area (Å²) in [6.45, 7) is 3.72. The molecule has 1 spiro atoms. The largest absolute Gasteiger partial charge is 0.377 e. The van der Waals surface area contributed by atoms with Gasteiger partial charge in [-0.05, 0) is 43.2 Å². The normalized spacial score (nSPS) is 22.8. The minimum absolute atomic E-state index is 0.0108. The lowest BCUT2D eigenvalue weighted by molar-refractivity contribution is -0.0474. The van der Waals surface area contributed by atoms with Crippen LogP contribution in [0.25, 0.3) is 0 Å². The Bertz CT molecular complexity index is 716. The van der Waals surface area contributed by atoms with Crippen molar-refractivity contribution in [1.82, 2.24) is 9.88 Å². The highest BCUT2D eigenvalue weighted by Crippen LogP contribution is 2.44. The number of likely N-dealkylation sites (tertiary alicyclic amines) is 1. The highest BCUT2D eigenvalue weighted by Gasteiger charge is 2.54. The van der Waals surface area contributed by atoms with Crippen LogP contribution in [0.5, 0.6) is 0 Å². The molecule has 2 aliphatic heterocycles. The fourth-order valence-corrected chi connectivity index (χ4v) is 4.29. The van der Waals surface area contributed by atoms with Crippen LogP contribution in [0.15, 0.2) is 48.7 Å². The molecule has 4 rings (SSSR count). The van der Waals surface area contributed by atoms with Crippen molar-refractivity contribution in [3.8, 4) is 0 Å². The molecule has 0 N–H and O–H groups in total. The Labute approximate surface area is 148 Å². The van der Waals surface area contributed by atoms with E-state index in [0.29, 0.717) is 0 Å². The van der Waals surface area contributed by atoms with Gasteiger partial charge >= 0.3 is 0 Å². The molecule has 2 saturated heterocycles. The van der Waals surface area contributed by atoms with Gasteiger partial charge in [0.05, 0.1) is 17.3 Å². The minimum atomic E-state index is -0.180. The van der Waals surface area contributed by atoms with E-state index in [2.05, 4.69) is 20.9 Å². The fraction of sp³-hybridized carbons (Fsp3) is 0.450. The second-order valence-corrected chi connectivity index (χ2v) is 7.02. The average Bonchev–Trinajstić information content (AvgIpc) is 2.63. The Morgan fingerprint density at radius 2 is 2.04 bits per heavy atom. The van der Waals surface area contributed by atoms with Crippen molar-refractivity contribution in [2.45, 2.75) is 31.0 Å². The number of piperidine rings is 1. The van der Waals surface area contributed by atoms with Gasteiger partial charge in [0, 0.05) is 45.2 Å². The quantitative estimate of drug-likeness (QED) is 0.854. The number of rotatable bonds is 4. The number of anilines is 1. The second-order valence-electron chi connectivity index (χ2n) is 7.02. The Morgan fingerprint density at radius 3 is 2.72 bits per heavy atom. The summed E-state index contributed by atoms with van der Waals surface area (Å²) in [6.07, 6.45) is 4.11. The van der Waals surface area contributed by atoms with Gasteiger partial charge in [-0.1, -0.05) is 12.1 Å². The summed E-state index contributed by atoms with van der Waals surface area (Å²) in [5.74, 6) is -0.180. The molecular formula is C20H24FN3O. The lowest BCUT2D eigenvalue weighted by Crippen LogP contribution is -2.74. The van der Waals surface area contributed by atoms with Crippen LogP contribution < -0.4 is 4.90 Å². The number of halogens is 1. The van der Waals surface area contributed by atoms with Crippen molar-refractivity contribution in [2.24, 2.45) is 0 Å². The molecule has 3 heterocycles. The Balaban J connectivity index is 1.47. The van der Waals surface area contributed by atoms with Crippen LogP contribution in [0.1, 0.15) is 18.5 Å². The molecule has 1 atom stereocenters. The summed E-state index contributed by atoms with van der Waals surface area (Å²) in [7, 11) is 1.79. The van der Waals surface area contributed by atoms with Crippen LogP contribution >= 0.6 is 0 Å². The second kappa shape index (κ2) is 6.73. The summed E-state index contributed by atoms with van der Waals surface area (Å²) in [6, 6.07) is 13.0. The van der Waals surface area contributed by atoms with Gasteiger partial charge in [0.1, 0.15) is 5.82 Å². The first-order valence-electron chi connectivity index (χ1n) is 8.89. The van der Waals surface area contributed by atoms with E-state index in [9.17, 15) is 4.39 Å². The van der Waals surface area contributed by atoms with Crippen LogP contribution in [0.4, 0.5) is 10.1 Å². The van der Waals surface area contributed by atoms with Gasteiger partial charge in [0.2, 0.25) is 0 Å². The maximum absolute atomic E-state index is 13.7. The first-order valence-corrected chi connectivity index (χ1v) is 8.89. The summed E-state index contributed by atoms with van der Waals surface area (Å²) < 4.78 is 19.4. The smallest absolute Gasteiger partial charge is 0.125 e. The number of methoxy groups -OCH3 is 1. The van der Waals surface area contributed by atoms with E-state index in [4.69, 9.17) is 4.74 Å². The SMILES string of the molecule is COC1CN(c2cccc(F)c2)C12CCN(Cc1ccccn1)CC2. The van der Waals surface area contributed by atoms with Crippen molar-refractivity contribution < 1.29 is 9.13 Å². The first kappa shape index (κ1) is 16.5. The zero-order valence-electron chi connectivity index (χ0n) is 14.6. The van der Waals surface area contributed by atoms with E-state index in [1.165, 1.54) is 6.07 Å². The van der Waals surface area contributed by atoms with E-state index in [0.717, 1.165) is 50.4 Å². The van der Waals surface area contributed by atoms with Gasteiger partial charge in [0.15, 0.2) is 0 Å². The molecule has 2 aliphatic rings. The summed E-state index contributed by atoms with van der Waals surface area (Å²) in [5.41, 5.74) is 2.06. The van der Waals surface area contributed by atoms with Crippen LogP contribution in [-0.4, -0.2) is 48.3 Å². The lowest BCUT2D eigenvalue weighted by Gasteiger charge is -2.61. The fourth-order valence-electron chi connectivity index (χ4n) is 4.29. The van der Waals surface area contributed by atoms with E-state index >= 15 is 0 Å². The first-order chi connectivity index (χ1) is 12.2. The maximum Gasteiger partial charge on any atom is 0.125 e. The topological polar surface area (TPSA) is 28.6 Å². The molecular weight excluding hydrogens is 317 g/mol. The number of pyridine rings is 1.